The fraction of sp³-hybridized carbons (Fsp3) is 0.529. The van der Waals surface area contributed by atoms with Crippen LogP contribution in [0.4, 0.5) is 10.5 Å². The van der Waals surface area contributed by atoms with Crippen molar-refractivity contribution in [2.75, 3.05) is 39.5 Å². The average molecular weight is 320 g/mol. The number of hydrogen-bond acceptors (Lipinski definition) is 3. The molecule has 1 atom stereocenters. The van der Waals surface area contributed by atoms with Crippen LogP contribution >= 0.6 is 0 Å². The minimum Gasteiger partial charge on any atom is -0.350 e. The third-order valence-electron chi connectivity index (χ3n) is 3.62. The van der Waals surface area contributed by atoms with E-state index in [4.69, 9.17) is 0 Å². The number of benzene rings is 1. The van der Waals surface area contributed by atoms with Crippen LogP contribution in [0.3, 0.4) is 0 Å². The van der Waals surface area contributed by atoms with Crippen LogP contribution in [0.2, 0.25) is 0 Å². The van der Waals surface area contributed by atoms with Crippen LogP contribution < -0.4 is 10.6 Å². The molecule has 0 heterocycles. The Hall–Kier alpha value is -2.08. The largest absolute Gasteiger partial charge is 0.350 e. The van der Waals surface area contributed by atoms with Crippen molar-refractivity contribution in [3.63, 3.8) is 0 Å². The molecule has 1 aromatic carbocycles. The summed E-state index contributed by atoms with van der Waals surface area (Å²) in [5.41, 5.74) is 1.26. The molecule has 128 valence electrons. The molecule has 0 spiro atoms. The van der Waals surface area contributed by atoms with Crippen LogP contribution in [-0.4, -0.2) is 62.0 Å². The van der Waals surface area contributed by atoms with E-state index >= 15 is 0 Å². The van der Waals surface area contributed by atoms with Gasteiger partial charge in [-0.1, -0.05) is 6.92 Å². The summed E-state index contributed by atoms with van der Waals surface area (Å²) in [6, 6.07) is 6.89. The predicted octanol–water partition coefficient (Wildman–Crippen LogP) is 2.24. The highest BCUT2D eigenvalue weighted by Gasteiger charge is 2.11. The molecule has 0 aromatic heterocycles. The minimum atomic E-state index is -0.163. The summed E-state index contributed by atoms with van der Waals surface area (Å²) >= 11 is 0. The molecular formula is C17H28N4O2. The van der Waals surface area contributed by atoms with Gasteiger partial charge in [0.05, 0.1) is 0 Å². The molecule has 0 fully saturated rings. The topological polar surface area (TPSA) is 64.7 Å². The zero-order chi connectivity index (χ0) is 17.4. The molecule has 0 radical (unpaired) electrons. The van der Waals surface area contributed by atoms with Gasteiger partial charge in [-0.2, -0.15) is 0 Å². The van der Waals surface area contributed by atoms with Gasteiger partial charge in [0.1, 0.15) is 0 Å². The van der Waals surface area contributed by atoms with Crippen molar-refractivity contribution in [3.8, 4) is 0 Å². The molecule has 0 aliphatic heterocycles. The Labute approximate surface area is 138 Å². The zero-order valence-electron chi connectivity index (χ0n) is 14.7. The Morgan fingerprint density at radius 2 is 1.70 bits per heavy atom. The van der Waals surface area contributed by atoms with Crippen molar-refractivity contribution in [1.29, 1.82) is 0 Å². The average Bonchev–Trinajstić information content (AvgIpc) is 2.52. The highest BCUT2D eigenvalue weighted by Crippen LogP contribution is 2.10. The van der Waals surface area contributed by atoms with Gasteiger partial charge in [0.15, 0.2) is 0 Å². The van der Waals surface area contributed by atoms with Gasteiger partial charge in [0, 0.05) is 37.4 Å². The fourth-order valence-corrected chi connectivity index (χ4v) is 1.78. The van der Waals surface area contributed by atoms with E-state index in [2.05, 4.69) is 10.6 Å². The summed E-state index contributed by atoms with van der Waals surface area (Å²) in [4.78, 5) is 27.7. The lowest BCUT2D eigenvalue weighted by Crippen LogP contribution is -2.36. The van der Waals surface area contributed by atoms with Gasteiger partial charge >= 0.3 is 6.03 Å². The van der Waals surface area contributed by atoms with E-state index in [1.165, 1.54) is 0 Å². The summed E-state index contributed by atoms with van der Waals surface area (Å²) < 4.78 is 0. The third-order valence-corrected chi connectivity index (χ3v) is 3.62. The van der Waals surface area contributed by atoms with Crippen molar-refractivity contribution in [2.24, 2.45) is 0 Å². The van der Waals surface area contributed by atoms with Crippen LogP contribution in [0, 0.1) is 0 Å². The quantitative estimate of drug-likeness (QED) is 0.810. The minimum absolute atomic E-state index is 0.0969. The van der Waals surface area contributed by atoms with Gasteiger partial charge < -0.3 is 20.4 Å². The maximum absolute atomic E-state index is 12.0. The Morgan fingerprint density at radius 1 is 1.09 bits per heavy atom. The molecule has 6 heteroatoms. The maximum Gasteiger partial charge on any atom is 0.321 e. The highest BCUT2D eigenvalue weighted by atomic mass is 16.2. The lowest BCUT2D eigenvalue weighted by atomic mass is 10.1. The molecule has 0 bridgehead atoms. The Morgan fingerprint density at radius 3 is 2.22 bits per heavy atom. The number of nitrogens with zero attached hydrogens (tertiary/aromatic N) is 2. The van der Waals surface area contributed by atoms with Crippen LogP contribution in [0.25, 0.3) is 0 Å². The first-order valence-corrected chi connectivity index (χ1v) is 7.91. The fourth-order valence-electron chi connectivity index (χ4n) is 1.78. The second kappa shape index (κ2) is 9.15. The number of nitrogens with one attached hydrogen (secondary N) is 2. The second-order valence-corrected chi connectivity index (χ2v) is 6.02. The summed E-state index contributed by atoms with van der Waals surface area (Å²) in [6.45, 7) is 5.44. The predicted molar refractivity (Wildman–Crippen MR) is 93.9 cm³/mol. The second-order valence-electron chi connectivity index (χ2n) is 6.02. The van der Waals surface area contributed by atoms with E-state index in [-0.39, 0.29) is 18.0 Å². The zero-order valence-corrected chi connectivity index (χ0v) is 14.7. The molecule has 0 saturated carbocycles. The van der Waals surface area contributed by atoms with E-state index in [1.54, 1.807) is 36.2 Å². The van der Waals surface area contributed by atoms with E-state index in [0.29, 0.717) is 17.8 Å². The summed E-state index contributed by atoms with van der Waals surface area (Å²) in [5, 5.41) is 5.73. The molecule has 2 N–H and O–H groups in total. The summed E-state index contributed by atoms with van der Waals surface area (Å²) in [6.07, 6.45) is 0.888. The van der Waals surface area contributed by atoms with Crippen molar-refractivity contribution in [3.05, 3.63) is 29.8 Å². The summed E-state index contributed by atoms with van der Waals surface area (Å²) in [7, 11) is 5.69. The van der Waals surface area contributed by atoms with Crippen LogP contribution in [0.5, 0.6) is 0 Å². The van der Waals surface area contributed by atoms with Gasteiger partial charge in [-0.15, -0.1) is 0 Å². The lowest BCUT2D eigenvalue weighted by molar-refractivity contribution is 0.0939. The van der Waals surface area contributed by atoms with Crippen LogP contribution in [-0.2, 0) is 0 Å². The van der Waals surface area contributed by atoms with Crippen molar-refractivity contribution < 1.29 is 9.59 Å². The van der Waals surface area contributed by atoms with E-state index in [0.717, 1.165) is 13.0 Å². The molecule has 0 aliphatic rings. The Bertz CT molecular complexity index is 514. The number of rotatable bonds is 7. The standard InChI is InChI=1S/C17H28N4O2/c1-6-13(2)18-16(22)14-7-9-15(10-8-14)19-17(23)21(5)12-11-20(3)4/h7-10,13H,6,11-12H2,1-5H3,(H,18,22)(H,19,23)/t13-/m1/s1. The molecule has 0 unspecified atom stereocenters. The molecule has 1 rings (SSSR count). The van der Waals surface area contributed by atoms with Crippen molar-refractivity contribution in [2.45, 2.75) is 26.3 Å². The normalized spacial score (nSPS) is 11.9. The van der Waals surface area contributed by atoms with Gasteiger partial charge in [-0.05, 0) is 51.7 Å². The molecule has 23 heavy (non-hydrogen) atoms. The number of urea groups is 1. The molecule has 0 aliphatic carbocycles. The Balaban J connectivity index is 2.56. The van der Waals surface area contributed by atoms with Crippen LogP contribution in [0.15, 0.2) is 24.3 Å². The van der Waals surface area contributed by atoms with E-state index in [9.17, 15) is 9.59 Å². The molecule has 0 saturated heterocycles. The Kier molecular flexibility index (Phi) is 7.54. The molecule has 6 nitrogen and oxygen atoms in total. The van der Waals surface area contributed by atoms with Gasteiger partial charge in [-0.25, -0.2) is 4.79 Å². The first-order valence-electron chi connectivity index (χ1n) is 7.91. The lowest BCUT2D eigenvalue weighted by Gasteiger charge is -2.20. The van der Waals surface area contributed by atoms with E-state index in [1.807, 2.05) is 32.8 Å². The first kappa shape index (κ1) is 19.0. The molecular weight excluding hydrogens is 292 g/mol. The maximum atomic E-state index is 12.0. The SMILES string of the molecule is CC[C@@H](C)NC(=O)c1ccc(NC(=O)N(C)CCN(C)C)cc1. The van der Waals surface area contributed by atoms with Gasteiger partial charge in [-0.3, -0.25) is 4.79 Å². The number of hydrogen-bond donors (Lipinski definition) is 2. The van der Waals surface area contributed by atoms with E-state index < -0.39 is 0 Å². The van der Waals surface area contributed by atoms with Gasteiger partial charge in [0.2, 0.25) is 0 Å². The molecule has 3 amide bonds. The smallest absolute Gasteiger partial charge is 0.321 e. The number of carbonyl (C=O) groups excluding carboxylic acids is 2. The van der Waals surface area contributed by atoms with Crippen molar-refractivity contribution >= 4 is 17.6 Å². The summed E-state index contributed by atoms with van der Waals surface area (Å²) in [5.74, 6) is -0.0969. The van der Waals surface area contributed by atoms with Crippen molar-refractivity contribution in [1.82, 2.24) is 15.1 Å². The van der Waals surface area contributed by atoms with Gasteiger partial charge in [0.25, 0.3) is 5.91 Å². The monoisotopic (exact) mass is 320 g/mol. The number of anilines is 1. The molecule has 1 aromatic rings. The number of likely N-dealkylation sites (N-methyl/N-ethyl adjacent to an activating group) is 2. The number of carbonyl (C=O) groups is 2. The highest BCUT2D eigenvalue weighted by molar-refractivity contribution is 5.95. The van der Waals surface area contributed by atoms with Crippen LogP contribution in [0.1, 0.15) is 30.6 Å². The first-order chi connectivity index (χ1) is 10.8. The number of amides is 3. The third kappa shape index (κ3) is 6.69.